The summed E-state index contributed by atoms with van der Waals surface area (Å²) in [6, 6.07) is -3.50. The van der Waals surface area contributed by atoms with E-state index in [1.54, 1.807) is 103 Å². The molecular weight excluding hydrogens is 1920 g/mol. The number of aliphatic hydroxyl groups is 1. The topological polar surface area (TPSA) is 645 Å². The number of carboxylic acids is 1. The summed E-state index contributed by atoms with van der Waals surface area (Å²) in [6.07, 6.45) is -1.04. The smallest absolute Gasteiger partial charge is 0.406 e. The molecule has 45 nitrogen and oxygen atoms in total. The summed E-state index contributed by atoms with van der Waals surface area (Å²) in [4.78, 5) is 301. The second-order valence-corrected chi connectivity index (χ2v) is 41.4. The molecule has 0 saturated carbocycles. The van der Waals surface area contributed by atoms with Gasteiger partial charge in [-0.05, 0) is 105 Å². The van der Waals surface area contributed by atoms with Crippen molar-refractivity contribution >= 4 is 163 Å². The first-order chi connectivity index (χ1) is 68.5. The Morgan fingerprint density at radius 3 is 1.76 bits per heavy atom. The number of benzene rings is 3. The highest BCUT2D eigenvalue weighted by molar-refractivity contribution is 8.14. The summed E-state index contributed by atoms with van der Waals surface area (Å²) in [5, 5.41) is 64.2. The van der Waals surface area contributed by atoms with Crippen molar-refractivity contribution in [1.82, 2.24) is 97.9 Å². The number of rotatable bonds is 28. The molecule has 47 heteroatoms. The summed E-state index contributed by atoms with van der Waals surface area (Å²) in [6.45, 7) is 14.0. The monoisotopic (exact) mass is 2060 g/mol. The number of carbonyl (C=O) groups is 20. The molecule has 0 unspecified atom stereocenters. The summed E-state index contributed by atoms with van der Waals surface area (Å²) >= 11 is 1.61. The number of carboxylic acid groups (broad SMARTS) is 1. The average Bonchev–Trinajstić information content (AvgIpc) is 1.68. The van der Waals surface area contributed by atoms with Gasteiger partial charge in [0.1, 0.15) is 96.9 Å². The van der Waals surface area contributed by atoms with Crippen molar-refractivity contribution in [3.8, 4) is 5.75 Å². The molecule has 20 N–H and O–H groups in total. The number of carbonyl (C=O) groups excluding carboxylic acids is 19. The number of likely N-dealkylation sites (N-methyl/N-ethyl adjacent to an activating group) is 3. The number of para-hydroxylation sites is 2. The number of H-pyrrole nitrogens is 1. The zero-order valence-corrected chi connectivity index (χ0v) is 86.1. The van der Waals surface area contributed by atoms with E-state index >= 15 is 47.9 Å². The lowest BCUT2D eigenvalue weighted by molar-refractivity contribution is -0.149. The number of phenols is 1. The molecule has 19 amide bonds. The number of fused-ring (bicyclic) bond motifs is 4. The lowest BCUT2D eigenvalue weighted by Crippen LogP contribution is -2.62. The summed E-state index contributed by atoms with van der Waals surface area (Å²) in [7, 11) is 4.92. The van der Waals surface area contributed by atoms with E-state index in [0.717, 1.165) is 55.1 Å². The molecule has 8 rings (SSSR count). The average molecular weight is 2060 g/mol. The number of phenolic OH excluding ortho intramolecular Hbond substituents is 1. The zero-order chi connectivity index (χ0) is 107. The molecule has 3 aliphatic rings. The number of aromatic hydroxyl groups is 1. The van der Waals surface area contributed by atoms with Crippen LogP contribution in [0.4, 0.5) is 9.59 Å². The van der Waals surface area contributed by atoms with Crippen LogP contribution in [0, 0.1) is 11.8 Å². The Morgan fingerprint density at radius 2 is 1.12 bits per heavy atom. The Hall–Kier alpha value is -13.6. The number of hydrogen-bond donors (Lipinski definition) is 18. The van der Waals surface area contributed by atoms with Crippen LogP contribution in [0.1, 0.15) is 169 Å². The quantitative estimate of drug-likeness (QED) is 0.0323. The number of nitrogens with zero attached hydrogens (tertiary/aromatic N) is 6. The normalized spacial score (nSPS) is 24.0. The van der Waals surface area contributed by atoms with E-state index in [4.69, 9.17) is 16.2 Å². The van der Waals surface area contributed by atoms with E-state index in [-0.39, 0.29) is 76.0 Å². The maximum Gasteiger partial charge on any atom is 0.406 e. The van der Waals surface area contributed by atoms with E-state index in [2.05, 4.69) is 68.8 Å². The molecule has 0 spiro atoms. The lowest BCUT2D eigenvalue weighted by Gasteiger charge is -2.36. The number of methoxy groups -OCH3 is 1. The van der Waals surface area contributed by atoms with Crippen LogP contribution in [0.2, 0.25) is 0 Å². The zero-order valence-electron chi connectivity index (χ0n) is 84.4. The molecule has 2 aromatic heterocycles. The molecular formula is C98H141N21O24S2. The van der Waals surface area contributed by atoms with Crippen molar-refractivity contribution in [2.45, 2.75) is 274 Å². The third-order valence-electron chi connectivity index (χ3n) is 25.1. The van der Waals surface area contributed by atoms with Crippen LogP contribution in [-0.2, 0) is 117 Å². The van der Waals surface area contributed by atoms with Gasteiger partial charge in [0.2, 0.25) is 100 Å². The van der Waals surface area contributed by atoms with Gasteiger partial charge >= 0.3 is 12.1 Å². The minimum atomic E-state index is -1.83. The predicted octanol–water partition coefficient (Wildman–Crippen LogP) is 0.441. The Labute approximate surface area is 849 Å². The second kappa shape index (κ2) is 54.9. The van der Waals surface area contributed by atoms with Gasteiger partial charge in [-0.3, -0.25) is 91.1 Å². The van der Waals surface area contributed by atoms with Gasteiger partial charge in [0.15, 0.2) is 0 Å². The van der Waals surface area contributed by atoms with Gasteiger partial charge < -0.3 is 129 Å². The van der Waals surface area contributed by atoms with Crippen LogP contribution in [0.5, 0.6) is 5.75 Å². The maximum absolute atomic E-state index is 16.2. The number of aromatic amines is 1. The maximum atomic E-state index is 16.2. The van der Waals surface area contributed by atoms with Crippen LogP contribution in [0.15, 0.2) is 85.2 Å². The minimum Gasteiger partial charge on any atom is -0.508 e. The lowest BCUT2D eigenvalue weighted by atomic mass is 9.99. The molecule has 3 aromatic carbocycles. The van der Waals surface area contributed by atoms with E-state index in [1.165, 1.54) is 63.1 Å². The van der Waals surface area contributed by atoms with Gasteiger partial charge in [0.05, 0.1) is 31.9 Å². The first-order valence-electron chi connectivity index (χ1n) is 48.7. The van der Waals surface area contributed by atoms with Gasteiger partial charge in [0, 0.05) is 118 Å². The highest BCUT2D eigenvalue weighted by Crippen LogP contribution is 2.30. The van der Waals surface area contributed by atoms with Crippen molar-refractivity contribution in [3.63, 3.8) is 0 Å². The van der Waals surface area contributed by atoms with Crippen LogP contribution < -0.4 is 75.3 Å². The first-order valence-corrected chi connectivity index (χ1v) is 50.6. The number of nitrogens with one attached hydrogen (secondary N) is 13. The Morgan fingerprint density at radius 1 is 0.566 bits per heavy atom. The Bertz CT molecular complexity index is 5480. The SMILES string of the molecule is CCCC[C@H]1C(=O)N(C)[C@@H](CCCC)C(=O)N[C@@H](CC(C)C)C(=O)N[C@H](C(=O)NCC(N)=O)CSCC(=O)N[C@@H](Cc2ccc(O)cc2)C(=O)N(C)[C@@H](C)C(=O)N[C@@H](CC(N)=O)C(=O)N2CCC[C@H]2C(=O)N[C@@H](CNC(=O)SC(C)(C)C)C(=O)N[C@@H](CC(C)C)C(=O)N2C[C@H](O)C[C@H]2C(=O)N[C@@H](Cc2c[nH]c3ccccc23)C(=O)N[C@@H](CCNC(=O)OC)C(=O)N[C@@H](Cc2cn(CC(=O)O)c3ccccc23)C(=O)N1C. The van der Waals surface area contributed by atoms with Gasteiger partial charge in [-0.1, -0.05) is 148 Å². The van der Waals surface area contributed by atoms with Crippen LogP contribution in [-0.4, -0.2) is 335 Å². The van der Waals surface area contributed by atoms with Gasteiger partial charge in [-0.15, -0.1) is 11.8 Å². The summed E-state index contributed by atoms with van der Waals surface area (Å²) in [5.74, 6) is -19.8. The van der Waals surface area contributed by atoms with Crippen LogP contribution >= 0.6 is 23.5 Å². The number of aromatic nitrogens is 2. The molecule has 3 saturated heterocycles. The Balaban J connectivity index is 1.26. The standard InChI is InChI=1S/C98H141N21O24S2/c1-15-17-27-74-88(133)107-65(38-53(3)4)85(130)113-72(83(128)103-47-79(100)123)51-144-52-80(124)105-68(40-56-31-33-59(120)34-32-56)91(136)114(11)55(7)82(127)109-70(44-78(99)122)93(138)118-37-23-30-75(118)89(134)112-71(46-104-97(142)145-98(8,9)10)87(132)110-67(39-54(5)6)94(139)119-49-60(121)43-77(119)90(135)108-66(41-57-45-102-63-26-21-19-24-61(57)63)86(131)106-64(35-36-101-96(141)143-14)84(129)111-69(92(137)116(13)76(28-18-16-2)95(140)115(74)12)42-58-48-117(50-81(125)126)73-29-22-20-25-62(58)73/h19-22,24-26,29,31-34,45,48,53-55,60,64-72,74-77,102,120-121H,15-18,23,27-28,30,35-44,46-47,49-52H2,1-14H3,(H2,99,122)(H2,100,123)(H,101,141)(H,103,128)(H,104,142)(H,105,124)(H,106,131)(H,107,133)(H,108,135)(H,109,127)(H,110,132)(H,111,129)(H,112,134)(H,113,130)(H,125,126)/t55-,60+,64-,65-,66-,67-,68-,69-,70-,71-,72-,74-,75-,76-,77-/m0/s1. The number of primary amides is 2. The van der Waals surface area contributed by atoms with E-state index < -0.39 is 289 Å². The molecule has 5 aromatic rings. The third-order valence-corrected chi connectivity index (χ3v) is 27.1. The van der Waals surface area contributed by atoms with Gasteiger partial charge in [-0.25, -0.2) is 4.79 Å². The summed E-state index contributed by atoms with van der Waals surface area (Å²) in [5.41, 5.74) is 13.3. The number of amides is 19. The van der Waals surface area contributed by atoms with E-state index in [1.807, 2.05) is 13.8 Å². The fourth-order valence-electron chi connectivity index (χ4n) is 17.5. The molecule has 0 bridgehead atoms. The third kappa shape index (κ3) is 34.3. The number of nitrogens with two attached hydrogens (primary N) is 2. The number of thioether (sulfide) groups is 2. The minimum absolute atomic E-state index is 0.0289. The molecule has 0 radical (unpaired) electrons. The molecule has 5 heterocycles. The number of aliphatic hydroxyl groups excluding tert-OH is 1. The number of alkyl carbamates (subject to hydrolysis) is 1. The fourth-order valence-corrected chi connectivity index (χ4v) is 19.1. The molecule has 0 aliphatic carbocycles. The highest BCUT2D eigenvalue weighted by atomic mass is 32.2. The molecule has 145 heavy (non-hydrogen) atoms. The van der Waals surface area contributed by atoms with Crippen LogP contribution in [0.3, 0.4) is 0 Å². The number of unbranched alkanes of at least 4 members (excludes halogenated alkanes) is 2. The fraction of sp³-hybridized carbons (Fsp3) is 0.571. The van der Waals surface area contributed by atoms with E-state index in [9.17, 15) is 63.3 Å². The van der Waals surface area contributed by atoms with Gasteiger partial charge in [0.25, 0.3) is 5.24 Å². The largest absolute Gasteiger partial charge is 0.508 e. The number of hydrogen-bond acceptors (Lipinski definition) is 25. The van der Waals surface area contributed by atoms with E-state index in [0.29, 0.717) is 57.8 Å². The van der Waals surface area contributed by atoms with Crippen molar-refractivity contribution in [2.24, 2.45) is 23.3 Å². The van der Waals surface area contributed by atoms with Crippen molar-refractivity contribution in [1.29, 1.82) is 0 Å². The predicted molar refractivity (Wildman–Crippen MR) is 538 cm³/mol. The number of ether oxygens (including phenoxy) is 1. The molecule has 794 valence electrons. The van der Waals surface area contributed by atoms with Crippen molar-refractivity contribution < 1.29 is 116 Å². The van der Waals surface area contributed by atoms with Crippen LogP contribution in [0.25, 0.3) is 21.8 Å². The molecule has 3 fully saturated rings. The van der Waals surface area contributed by atoms with Gasteiger partial charge in [-0.2, -0.15) is 0 Å². The van der Waals surface area contributed by atoms with Crippen molar-refractivity contribution in [2.75, 3.05) is 72.5 Å². The molecule has 3 aliphatic heterocycles. The first kappa shape index (κ1) is 117. The second-order valence-electron chi connectivity index (χ2n) is 38.6. The Kier molecular flexibility index (Phi) is 44.2. The van der Waals surface area contributed by atoms with Crippen molar-refractivity contribution in [3.05, 3.63) is 102 Å². The molecule has 15 atom stereocenters. The highest BCUT2D eigenvalue weighted by Gasteiger charge is 2.47. The number of aliphatic carboxylic acids is 1. The summed E-state index contributed by atoms with van der Waals surface area (Å²) < 4.78 is 5.59.